The van der Waals surface area contributed by atoms with Gasteiger partial charge in [-0.15, -0.1) is 0 Å². The van der Waals surface area contributed by atoms with Crippen LogP contribution in [0.2, 0.25) is 5.15 Å². The molecule has 2 N–H and O–H groups in total. The summed E-state index contributed by atoms with van der Waals surface area (Å²) in [5.74, 6) is -3.75. The Morgan fingerprint density at radius 1 is 1.04 bits per heavy atom. The van der Waals surface area contributed by atoms with Crippen LogP contribution in [0.25, 0.3) is 0 Å². The summed E-state index contributed by atoms with van der Waals surface area (Å²) in [6.45, 7) is 1.75. The van der Waals surface area contributed by atoms with E-state index in [0.717, 1.165) is 12.8 Å². The van der Waals surface area contributed by atoms with Crippen molar-refractivity contribution in [3.63, 3.8) is 0 Å². The molecule has 5 nitrogen and oxygen atoms in total. The van der Waals surface area contributed by atoms with Crippen molar-refractivity contribution in [2.45, 2.75) is 44.7 Å². The van der Waals surface area contributed by atoms with E-state index in [-0.39, 0.29) is 17.6 Å². The number of amides is 1. The lowest BCUT2D eigenvalue weighted by molar-refractivity contribution is 0.0925. The molecule has 1 amide bonds. The lowest BCUT2D eigenvalue weighted by Crippen LogP contribution is -2.40. The van der Waals surface area contributed by atoms with Gasteiger partial charge >= 0.3 is 0 Å². The maximum Gasteiger partial charge on any atom is 0.251 e. The number of anilines is 1. The van der Waals surface area contributed by atoms with Crippen LogP contribution in [0.15, 0.2) is 18.2 Å². The van der Waals surface area contributed by atoms with E-state index in [0.29, 0.717) is 41.8 Å². The molecule has 0 saturated heterocycles. The zero-order chi connectivity index (χ0) is 19.6. The van der Waals surface area contributed by atoms with Gasteiger partial charge < -0.3 is 10.6 Å². The maximum absolute atomic E-state index is 13.3. The van der Waals surface area contributed by atoms with E-state index in [9.17, 15) is 18.0 Å². The quantitative estimate of drug-likeness (QED) is 0.603. The van der Waals surface area contributed by atoms with Gasteiger partial charge in [0.1, 0.15) is 16.8 Å². The molecule has 0 spiro atoms. The molecule has 3 rings (SSSR count). The van der Waals surface area contributed by atoms with Gasteiger partial charge in [0.2, 0.25) is 0 Å². The van der Waals surface area contributed by atoms with Gasteiger partial charge in [0.15, 0.2) is 17.5 Å². The molecule has 1 aromatic heterocycles. The maximum atomic E-state index is 13.3. The van der Waals surface area contributed by atoms with Crippen molar-refractivity contribution in [1.29, 1.82) is 0 Å². The third-order valence-electron chi connectivity index (χ3n) is 4.47. The summed E-state index contributed by atoms with van der Waals surface area (Å²) in [6.07, 6.45) is 2.93. The number of carbonyl (C=O) groups excluding carboxylic acids is 1. The summed E-state index contributed by atoms with van der Waals surface area (Å²) in [5, 5.41) is 6.41. The fourth-order valence-electron chi connectivity index (χ4n) is 3.15. The Hall–Kier alpha value is -2.35. The second-order valence-corrected chi connectivity index (χ2v) is 6.93. The number of hydrogen-bond acceptors (Lipinski definition) is 4. The smallest absolute Gasteiger partial charge is 0.251 e. The zero-order valence-electron chi connectivity index (χ0n) is 14.5. The van der Waals surface area contributed by atoms with Gasteiger partial charge in [-0.05, 0) is 44.7 Å². The molecular formula is C18H18ClF3N4O. The number of carbonyl (C=O) groups is 1. The van der Waals surface area contributed by atoms with Crippen molar-refractivity contribution in [2.24, 2.45) is 0 Å². The topological polar surface area (TPSA) is 66.9 Å². The molecule has 1 fully saturated rings. The van der Waals surface area contributed by atoms with Crippen LogP contribution in [-0.2, 0) is 0 Å². The second kappa shape index (κ2) is 8.12. The van der Waals surface area contributed by atoms with Gasteiger partial charge in [-0.25, -0.2) is 23.1 Å². The molecular weight excluding hydrogens is 381 g/mol. The fraction of sp³-hybridized carbons (Fsp3) is 0.389. The van der Waals surface area contributed by atoms with Crippen molar-refractivity contribution >= 4 is 23.3 Å². The molecule has 2 aromatic rings. The molecule has 1 aromatic carbocycles. The highest BCUT2D eigenvalue weighted by atomic mass is 35.5. The Kier molecular flexibility index (Phi) is 5.84. The molecule has 27 heavy (non-hydrogen) atoms. The highest BCUT2D eigenvalue weighted by Gasteiger charge is 2.24. The summed E-state index contributed by atoms with van der Waals surface area (Å²) < 4.78 is 39.5. The standard InChI is InChI=1S/C18H18ClF3N4O/c1-9-23-15(19)8-16(24-9)25-11-2-4-12(5-3-11)26-18(27)10-6-13(20)17(22)14(21)7-10/h6-8,11-12H,2-5H2,1H3,(H,26,27)(H,23,24,25). The molecule has 1 saturated carbocycles. The molecule has 144 valence electrons. The molecule has 0 radical (unpaired) electrons. The van der Waals surface area contributed by atoms with Gasteiger partial charge in [-0.2, -0.15) is 0 Å². The Labute approximate surface area is 159 Å². The predicted octanol–water partition coefficient (Wildman–Crippen LogP) is 4.01. The predicted molar refractivity (Wildman–Crippen MR) is 95.2 cm³/mol. The van der Waals surface area contributed by atoms with Crippen molar-refractivity contribution in [1.82, 2.24) is 15.3 Å². The Morgan fingerprint density at radius 2 is 1.63 bits per heavy atom. The summed E-state index contributed by atoms with van der Waals surface area (Å²) in [4.78, 5) is 20.5. The van der Waals surface area contributed by atoms with Crippen LogP contribution in [0.3, 0.4) is 0 Å². The third-order valence-corrected chi connectivity index (χ3v) is 4.66. The fourth-order valence-corrected chi connectivity index (χ4v) is 3.38. The highest BCUT2D eigenvalue weighted by molar-refractivity contribution is 6.29. The normalized spacial score (nSPS) is 19.6. The summed E-state index contributed by atoms with van der Waals surface area (Å²) in [6, 6.07) is 3.09. The first-order chi connectivity index (χ1) is 12.8. The van der Waals surface area contributed by atoms with E-state index >= 15 is 0 Å². The second-order valence-electron chi connectivity index (χ2n) is 6.54. The number of hydrogen-bond donors (Lipinski definition) is 2. The first kappa shape index (κ1) is 19.4. The largest absolute Gasteiger partial charge is 0.367 e. The van der Waals surface area contributed by atoms with Crippen LogP contribution in [0.5, 0.6) is 0 Å². The van der Waals surface area contributed by atoms with Crippen LogP contribution in [0.4, 0.5) is 19.0 Å². The van der Waals surface area contributed by atoms with Crippen LogP contribution in [0.1, 0.15) is 41.9 Å². The Bertz CT molecular complexity index is 813. The van der Waals surface area contributed by atoms with Gasteiger partial charge in [-0.3, -0.25) is 4.79 Å². The van der Waals surface area contributed by atoms with Crippen molar-refractivity contribution in [2.75, 3.05) is 5.32 Å². The SMILES string of the molecule is Cc1nc(Cl)cc(NC2CCC(NC(=O)c3cc(F)c(F)c(F)c3)CC2)n1. The molecule has 0 atom stereocenters. The zero-order valence-corrected chi connectivity index (χ0v) is 15.3. The minimum absolute atomic E-state index is 0.123. The van der Waals surface area contributed by atoms with Gasteiger partial charge in [-0.1, -0.05) is 11.6 Å². The first-order valence-corrected chi connectivity index (χ1v) is 8.92. The van der Waals surface area contributed by atoms with Crippen LogP contribution < -0.4 is 10.6 Å². The van der Waals surface area contributed by atoms with Crippen LogP contribution >= 0.6 is 11.6 Å². The summed E-state index contributed by atoms with van der Waals surface area (Å²) in [5.41, 5.74) is -0.238. The van der Waals surface area contributed by atoms with Crippen LogP contribution in [-0.4, -0.2) is 28.0 Å². The average molecular weight is 399 g/mol. The molecule has 0 unspecified atom stereocenters. The number of nitrogens with zero attached hydrogens (tertiary/aromatic N) is 2. The van der Waals surface area contributed by atoms with Crippen molar-refractivity contribution in [3.8, 4) is 0 Å². The van der Waals surface area contributed by atoms with Gasteiger partial charge in [0, 0.05) is 23.7 Å². The number of nitrogens with one attached hydrogen (secondary N) is 2. The minimum atomic E-state index is -1.59. The van der Waals surface area contributed by atoms with Crippen LogP contribution in [0, 0.1) is 24.4 Å². The van der Waals surface area contributed by atoms with E-state index in [2.05, 4.69) is 20.6 Å². The summed E-state index contributed by atoms with van der Waals surface area (Å²) >= 11 is 5.92. The third kappa shape index (κ3) is 4.88. The van der Waals surface area contributed by atoms with Crippen molar-refractivity contribution in [3.05, 3.63) is 52.2 Å². The minimum Gasteiger partial charge on any atom is -0.367 e. The summed E-state index contributed by atoms with van der Waals surface area (Å²) in [7, 11) is 0. The molecule has 9 heteroatoms. The van der Waals surface area contributed by atoms with Gasteiger partial charge in [0.05, 0.1) is 0 Å². The Balaban J connectivity index is 1.54. The molecule has 1 aliphatic rings. The number of aromatic nitrogens is 2. The lowest BCUT2D eigenvalue weighted by atomic mass is 9.91. The van der Waals surface area contributed by atoms with E-state index in [1.54, 1.807) is 13.0 Å². The number of rotatable bonds is 4. The van der Waals surface area contributed by atoms with E-state index in [4.69, 9.17) is 11.6 Å². The number of aryl methyl sites for hydroxylation is 1. The molecule has 0 aliphatic heterocycles. The van der Waals surface area contributed by atoms with E-state index in [1.807, 2.05) is 0 Å². The molecule has 1 heterocycles. The monoisotopic (exact) mass is 398 g/mol. The first-order valence-electron chi connectivity index (χ1n) is 8.55. The Morgan fingerprint density at radius 3 is 2.22 bits per heavy atom. The van der Waals surface area contributed by atoms with Crippen molar-refractivity contribution < 1.29 is 18.0 Å². The van der Waals surface area contributed by atoms with Gasteiger partial charge in [0.25, 0.3) is 5.91 Å². The number of halogens is 4. The average Bonchev–Trinajstić information content (AvgIpc) is 2.60. The van der Waals surface area contributed by atoms with E-state index < -0.39 is 23.4 Å². The van der Waals surface area contributed by atoms with E-state index in [1.165, 1.54) is 0 Å². The highest BCUT2D eigenvalue weighted by Crippen LogP contribution is 2.23. The number of benzene rings is 1. The molecule has 0 bridgehead atoms. The lowest BCUT2D eigenvalue weighted by Gasteiger charge is -2.30. The molecule has 1 aliphatic carbocycles.